The molecule has 3 heterocycles. The Labute approximate surface area is 162 Å². The molecule has 1 aliphatic rings. The van der Waals surface area contributed by atoms with E-state index >= 15 is 0 Å². The second-order valence-electron chi connectivity index (χ2n) is 7.00. The van der Waals surface area contributed by atoms with Crippen LogP contribution in [0.15, 0.2) is 52.5 Å². The van der Waals surface area contributed by atoms with Crippen molar-refractivity contribution in [2.45, 2.75) is 37.1 Å². The van der Waals surface area contributed by atoms with Crippen LogP contribution in [0.4, 0.5) is 0 Å². The van der Waals surface area contributed by atoms with Crippen LogP contribution < -0.4 is 5.56 Å². The standard InChI is InChI=1S/C19H21N5O3S/c1-13-17(10-14-4-3-9-20-11-14)19(25)24(22-13)18-8-7-16(12-21-18)28(26,27)23(2)15-5-6-15/h3-4,7-9,11-12,15,22H,5-6,10H2,1-2H3. The highest BCUT2D eigenvalue weighted by atomic mass is 32.2. The van der Waals surface area contributed by atoms with Gasteiger partial charge in [-0.05, 0) is 43.5 Å². The maximum Gasteiger partial charge on any atom is 0.276 e. The van der Waals surface area contributed by atoms with E-state index in [1.807, 2.05) is 19.1 Å². The predicted octanol–water partition coefficient (Wildman–Crippen LogP) is 1.64. The highest BCUT2D eigenvalue weighted by Gasteiger charge is 2.35. The van der Waals surface area contributed by atoms with Crippen LogP contribution in [0.25, 0.3) is 5.82 Å². The van der Waals surface area contributed by atoms with Gasteiger partial charge in [0.25, 0.3) is 5.56 Å². The Morgan fingerprint density at radius 3 is 2.64 bits per heavy atom. The zero-order valence-electron chi connectivity index (χ0n) is 15.7. The Kier molecular flexibility index (Phi) is 4.64. The van der Waals surface area contributed by atoms with Crippen molar-refractivity contribution in [3.8, 4) is 5.82 Å². The highest BCUT2D eigenvalue weighted by Crippen LogP contribution is 2.30. The van der Waals surface area contributed by atoms with Gasteiger partial charge in [0, 0.05) is 49.4 Å². The molecule has 0 aliphatic heterocycles. The molecule has 3 aromatic heterocycles. The number of hydrogen-bond acceptors (Lipinski definition) is 5. The summed E-state index contributed by atoms with van der Waals surface area (Å²) in [4.78, 5) is 21.2. The van der Waals surface area contributed by atoms with Crippen LogP contribution in [0.1, 0.15) is 29.7 Å². The van der Waals surface area contributed by atoms with Gasteiger partial charge in [-0.2, -0.15) is 4.31 Å². The summed E-state index contributed by atoms with van der Waals surface area (Å²) in [6, 6.07) is 6.85. The van der Waals surface area contributed by atoms with Gasteiger partial charge in [0.2, 0.25) is 10.0 Å². The first-order chi connectivity index (χ1) is 13.4. The summed E-state index contributed by atoms with van der Waals surface area (Å²) in [5.74, 6) is 0.346. The molecule has 1 saturated carbocycles. The van der Waals surface area contributed by atoms with Crippen LogP contribution >= 0.6 is 0 Å². The number of aromatic nitrogens is 4. The molecule has 0 radical (unpaired) electrons. The molecule has 3 aromatic rings. The molecule has 0 atom stereocenters. The van der Waals surface area contributed by atoms with E-state index in [2.05, 4.69) is 15.1 Å². The lowest BCUT2D eigenvalue weighted by atomic mass is 10.1. The molecule has 0 spiro atoms. The minimum absolute atomic E-state index is 0.0772. The minimum Gasteiger partial charge on any atom is -0.294 e. The average molecular weight is 399 g/mol. The van der Waals surface area contributed by atoms with E-state index in [9.17, 15) is 13.2 Å². The Bertz CT molecular complexity index is 1150. The third-order valence-corrected chi connectivity index (χ3v) is 6.88. The summed E-state index contributed by atoms with van der Waals surface area (Å²) in [6.45, 7) is 1.83. The first-order valence-electron chi connectivity index (χ1n) is 9.02. The van der Waals surface area contributed by atoms with E-state index in [0.29, 0.717) is 17.8 Å². The van der Waals surface area contributed by atoms with Crippen LogP contribution in [-0.4, -0.2) is 45.6 Å². The number of pyridine rings is 2. The summed E-state index contributed by atoms with van der Waals surface area (Å²) in [5.41, 5.74) is 2.09. The zero-order valence-corrected chi connectivity index (χ0v) is 16.5. The largest absolute Gasteiger partial charge is 0.294 e. The molecular formula is C19H21N5O3S. The van der Waals surface area contributed by atoms with Gasteiger partial charge in [-0.1, -0.05) is 6.07 Å². The van der Waals surface area contributed by atoms with Crippen molar-refractivity contribution in [3.05, 3.63) is 70.0 Å². The maximum absolute atomic E-state index is 12.8. The number of rotatable bonds is 6. The third-order valence-electron chi connectivity index (χ3n) is 4.99. The zero-order chi connectivity index (χ0) is 19.9. The molecule has 28 heavy (non-hydrogen) atoms. The van der Waals surface area contributed by atoms with Crippen LogP contribution in [0.3, 0.4) is 0 Å². The Balaban J connectivity index is 1.63. The molecule has 146 valence electrons. The topological polar surface area (TPSA) is 101 Å². The summed E-state index contributed by atoms with van der Waals surface area (Å²) in [6.07, 6.45) is 6.94. The molecule has 0 saturated heterocycles. The van der Waals surface area contributed by atoms with Crippen LogP contribution in [-0.2, 0) is 16.4 Å². The van der Waals surface area contributed by atoms with Gasteiger partial charge in [0.15, 0.2) is 5.82 Å². The number of aryl methyl sites for hydroxylation is 1. The molecule has 0 aromatic carbocycles. The lowest BCUT2D eigenvalue weighted by Crippen LogP contribution is -2.29. The van der Waals surface area contributed by atoms with Crippen molar-refractivity contribution >= 4 is 10.0 Å². The maximum atomic E-state index is 12.8. The molecule has 4 rings (SSSR count). The fraction of sp³-hybridized carbons (Fsp3) is 0.316. The predicted molar refractivity (Wildman–Crippen MR) is 104 cm³/mol. The Morgan fingerprint density at radius 1 is 1.25 bits per heavy atom. The normalized spacial score (nSPS) is 14.5. The second kappa shape index (κ2) is 6.99. The van der Waals surface area contributed by atoms with Crippen molar-refractivity contribution in [1.29, 1.82) is 0 Å². The van der Waals surface area contributed by atoms with E-state index in [0.717, 1.165) is 24.1 Å². The van der Waals surface area contributed by atoms with Gasteiger partial charge >= 0.3 is 0 Å². The van der Waals surface area contributed by atoms with Crippen LogP contribution in [0.2, 0.25) is 0 Å². The summed E-state index contributed by atoms with van der Waals surface area (Å²) in [5, 5.41) is 3.02. The fourth-order valence-electron chi connectivity index (χ4n) is 3.12. The molecule has 0 bridgehead atoms. The number of aromatic amines is 1. The first-order valence-corrected chi connectivity index (χ1v) is 10.5. The molecule has 1 aliphatic carbocycles. The van der Waals surface area contributed by atoms with E-state index in [1.54, 1.807) is 25.5 Å². The first kappa shape index (κ1) is 18.6. The number of hydrogen-bond donors (Lipinski definition) is 1. The molecule has 1 fully saturated rings. The monoisotopic (exact) mass is 399 g/mol. The Hall–Kier alpha value is -2.78. The van der Waals surface area contributed by atoms with E-state index in [-0.39, 0.29) is 16.5 Å². The van der Waals surface area contributed by atoms with Gasteiger partial charge in [-0.3, -0.25) is 14.9 Å². The molecule has 9 heteroatoms. The average Bonchev–Trinajstić information content (AvgIpc) is 3.51. The number of H-pyrrole nitrogens is 1. The van der Waals surface area contributed by atoms with Crippen LogP contribution in [0.5, 0.6) is 0 Å². The SMILES string of the molecule is Cc1[nH]n(-c2ccc(S(=O)(=O)N(C)C3CC3)cn2)c(=O)c1Cc1cccnc1. The lowest BCUT2D eigenvalue weighted by molar-refractivity contribution is 0.464. The van der Waals surface area contributed by atoms with E-state index < -0.39 is 10.0 Å². The van der Waals surface area contributed by atoms with Gasteiger partial charge in [-0.25, -0.2) is 18.1 Å². The van der Waals surface area contributed by atoms with Crippen molar-refractivity contribution in [1.82, 2.24) is 24.1 Å². The third kappa shape index (κ3) is 3.38. The summed E-state index contributed by atoms with van der Waals surface area (Å²) < 4.78 is 27.9. The number of nitrogens with one attached hydrogen (secondary N) is 1. The fourth-order valence-corrected chi connectivity index (χ4v) is 4.48. The molecule has 0 unspecified atom stereocenters. The van der Waals surface area contributed by atoms with Gasteiger partial charge in [0.05, 0.1) is 0 Å². The van der Waals surface area contributed by atoms with Gasteiger partial charge in [0.1, 0.15) is 4.90 Å². The highest BCUT2D eigenvalue weighted by molar-refractivity contribution is 7.89. The molecule has 1 N–H and O–H groups in total. The summed E-state index contributed by atoms with van der Waals surface area (Å²) in [7, 11) is -1.97. The Morgan fingerprint density at radius 2 is 2.04 bits per heavy atom. The van der Waals surface area contributed by atoms with E-state index in [1.165, 1.54) is 21.3 Å². The smallest absolute Gasteiger partial charge is 0.276 e. The van der Waals surface area contributed by atoms with Crippen molar-refractivity contribution in [2.75, 3.05) is 7.05 Å². The van der Waals surface area contributed by atoms with Gasteiger partial charge < -0.3 is 0 Å². The lowest BCUT2D eigenvalue weighted by Gasteiger charge is -2.16. The van der Waals surface area contributed by atoms with Gasteiger partial charge in [-0.15, -0.1) is 0 Å². The molecule has 8 nitrogen and oxygen atoms in total. The molecular weight excluding hydrogens is 378 g/mol. The van der Waals surface area contributed by atoms with Crippen LogP contribution in [0, 0.1) is 6.92 Å². The van der Waals surface area contributed by atoms with Crippen molar-refractivity contribution in [2.24, 2.45) is 0 Å². The molecule has 0 amide bonds. The quantitative estimate of drug-likeness (QED) is 0.679. The number of sulfonamides is 1. The minimum atomic E-state index is -3.56. The number of nitrogens with zero attached hydrogens (tertiary/aromatic N) is 4. The second-order valence-corrected chi connectivity index (χ2v) is 9.00. The van der Waals surface area contributed by atoms with E-state index in [4.69, 9.17) is 0 Å². The van der Waals surface area contributed by atoms with Crippen molar-refractivity contribution < 1.29 is 8.42 Å². The summed E-state index contributed by atoms with van der Waals surface area (Å²) >= 11 is 0. The van der Waals surface area contributed by atoms with Crippen molar-refractivity contribution in [3.63, 3.8) is 0 Å².